The molecular weight excluding hydrogens is 503 g/mol. The summed E-state index contributed by atoms with van der Waals surface area (Å²) in [6.07, 6.45) is 0.965. The van der Waals surface area contributed by atoms with Crippen molar-refractivity contribution in [2.45, 2.75) is 12.5 Å². The van der Waals surface area contributed by atoms with Crippen molar-refractivity contribution in [1.82, 2.24) is 14.7 Å². The standard InChI is InChI=1S/C26H26Cl2N4O2S/c27-21-7-6-19(16-22(21)28)29-26(34)31-13-11-30(12-14-31)24(33)17-32-10-8-23-20(9-15-35-23)25(32)18-4-2-1-3-5-18/h1-7,9,15-16,25H,8,10-14,17H2,(H,29,34)/t25-/m0/s1. The average Bonchev–Trinajstić information content (AvgIpc) is 3.35. The first-order chi connectivity index (χ1) is 17.0. The maximum Gasteiger partial charge on any atom is 0.321 e. The first-order valence-electron chi connectivity index (χ1n) is 11.6. The third-order valence-corrected chi connectivity index (χ3v) is 8.35. The average molecular weight is 529 g/mol. The van der Waals surface area contributed by atoms with Crippen molar-refractivity contribution in [2.24, 2.45) is 0 Å². The van der Waals surface area contributed by atoms with Crippen LogP contribution in [0, 0.1) is 0 Å². The van der Waals surface area contributed by atoms with E-state index in [1.54, 1.807) is 34.4 Å². The molecule has 3 amide bonds. The first kappa shape index (κ1) is 24.1. The maximum absolute atomic E-state index is 13.3. The molecule has 2 aliphatic heterocycles. The molecule has 0 spiro atoms. The molecule has 3 heterocycles. The molecule has 1 saturated heterocycles. The van der Waals surface area contributed by atoms with Crippen LogP contribution in [0.15, 0.2) is 60.0 Å². The Morgan fingerprint density at radius 3 is 2.40 bits per heavy atom. The van der Waals surface area contributed by atoms with Crippen LogP contribution in [0.1, 0.15) is 22.0 Å². The van der Waals surface area contributed by atoms with Gasteiger partial charge in [-0.05, 0) is 47.2 Å². The summed E-state index contributed by atoms with van der Waals surface area (Å²) in [5.74, 6) is 0.106. The van der Waals surface area contributed by atoms with Crippen LogP contribution < -0.4 is 5.32 Å². The number of fused-ring (bicyclic) bond motifs is 1. The third kappa shape index (κ3) is 5.33. The Bertz CT molecular complexity index is 1210. The van der Waals surface area contributed by atoms with Crippen molar-refractivity contribution in [2.75, 3.05) is 44.6 Å². The number of carbonyl (C=O) groups is 2. The lowest BCUT2D eigenvalue weighted by atomic mass is 9.93. The number of hydrogen-bond acceptors (Lipinski definition) is 4. The number of urea groups is 1. The molecule has 2 aromatic carbocycles. The van der Waals surface area contributed by atoms with Crippen LogP contribution in [-0.2, 0) is 11.2 Å². The number of benzene rings is 2. The molecule has 0 unspecified atom stereocenters. The Hall–Kier alpha value is -2.58. The lowest BCUT2D eigenvalue weighted by Gasteiger charge is -2.39. The molecule has 0 aliphatic carbocycles. The summed E-state index contributed by atoms with van der Waals surface area (Å²) in [6.45, 7) is 3.21. The van der Waals surface area contributed by atoms with Gasteiger partial charge in [-0.1, -0.05) is 53.5 Å². The Labute approximate surface area is 219 Å². The molecule has 182 valence electrons. The highest BCUT2D eigenvalue weighted by atomic mass is 35.5. The van der Waals surface area contributed by atoms with Gasteiger partial charge in [0.2, 0.25) is 5.91 Å². The largest absolute Gasteiger partial charge is 0.338 e. The van der Waals surface area contributed by atoms with Crippen molar-refractivity contribution < 1.29 is 9.59 Å². The van der Waals surface area contributed by atoms with E-state index in [1.165, 1.54) is 16.0 Å². The van der Waals surface area contributed by atoms with E-state index >= 15 is 0 Å². The number of rotatable bonds is 4. The highest BCUT2D eigenvalue weighted by Gasteiger charge is 2.32. The number of carbonyl (C=O) groups excluding carboxylic acids is 2. The molecule has 1 fully saturated rings. The fraction of sp³-hybridized carbons (Fsp3) is 0.308. The van der Waals surface area contributed by atoms with Crippen LogP contribution in [-0.4, -0.2) is 65.9 Å². The van der Waals surface area contributed by atoms with Crippen molar-refractivity contribution in [3.8, 4) is 0 Å². The molecule has 0 saturated carbocycles. The number of anilines is 1. The SMILES string of the molecule is O=C(CN1CCc2sccc2[C@@H]1c1ccccc1)N1CCN(C(=O)Nc2ccc(Cl)c(Cl)c2)CC1. The minimum absolute atomic E-state index is 0.0911. The lowest BCUT2D eigenvalue weighted by Crippen LogP contribution is -2.54. The van der Waals surface area contributed by atoms with Gasteiger partial charge in [0, 0.05) is 43.3 Å². The lowest BCUT2D eigenvalue weighted by molar-refractivity contribution is -0.134. The zero-order chi connectivity index (χ0) is 24.4. The maximum atomic E-state index is 13.3. The van der Waals surface area contributed by atoms with E-state index < -0.39 is 0 Å². The minimum atomic E-state index is -0.208. The summed E-state index contributed by atoms with van der Waals surface area (Å²) in [7, 11) is 0. The number of hydrogen-bond donors (Lipinski definition) is 1. The van der Waals surface area contributed by atoms with Crippen molar-refractivity contribution >= 4 is 52.2 Å². The minimum Gasteiger partial charge on any atom is -0.338 e. The molecular formula is C26H26Cl2N4O2S. The van der Waals surface area contributed by atoms with Gasteiger partial charge >= 0.3 is 6.03 Å². The van der Waals surface area contributed by atoms with Crippen molar-refractivity contribution in [3.63, 3.8) is 0 Å². The monoisotopic (exact) mass is 528 g/mol. The van der Waals surface area contributed by atoms with E-state index in [-0.39, 0.29) is 18.0 Å². The van der Waals surface area contributed by atoms with E-state index in [2.05, 4.69) is 45.9 Å². The fourth-order valence-electron chi connectivity index (χ4n) is 4.77. The van der Waals surface area contributed by atoms with Crippen molar-refractivity contribution in [3.05, 3.63) is 86.0 Å². The summed E-state index contributed by atoms with van der Waals surface area (Å²) in [5, 5.41) is 5.83. The Kier molecular flexibility index (Phi) is 7.29. The summed E-state index contributed by atoms with van der Waals surface area (Å²) in [6, 6.07) is 17.5. The summed E-state index contributed by atoms with van der Waals surface area (Å²) in [5.41, 5.74) is 3.11. The molecule has 1 atom stereocenters. The molecule has 2 aliphatic rings. The molecule has 5 rings (SSSR count). The molecule has 0 radical (unpaired) electrons. The van der Waals surface area contributed by atoms with Crippen LogP contribution in [0.5, 0.6) is 0 Å². The molecule has 1 N–H and O–H groups in total. The van der Waals surface area contributed by atoms with Gasteiger partial charge in [0.15, 0.2) is 0 Å². The molecule has 9 heteroatoms. The van der Waals surface area contributed by atoms with Gasteiger partial charge in [0.05, 0.1) is 22.6 Å². The summed E-state index contributed by atoms with van der Waals surface area (Å²) >= 11 is 13.8. The van der Waals surface area contributed by atoms with Crippen LogP contribution in [0.2, 0.25) is 10.0 Å². The molecule has 35 heavy (non-hydrogen) atoms. The van der Waals surface area contributed by atoms with E-state index in [4.69, 9.17) is 23.2 Å². The number of nitrogens with one attached hydrogen (secondary N) is 1. The van der Waals surface area contributed by atoms with Gasteiger partial charge in [-0.25, -0.2) is 4.79 Å². The van der Waals surface area contributed by atoms with E-state index in [0.29, 0.717) is 48.5 Å². The second-order valence-electron chi connectivity index (χ2n) is 8.76. The number of nitrogens with zero attached hydrogens (tertiary/aromatic N) is 3. The van der Waals surface area contributed by atoms with Crippen LogP contribution >= 0.6 is 34.5 Å². The summed E-state index contributed by atoms with van der Waals surface area (Å²) < 4.78 is 0. The molecule has 0 bridgehead atoms. The highest BCUT2D eigenvalue weighted by Crippen LogP contribution is 2.37. The molecule has 3 aromatic rings. The van der Waals surface area contributed by atoms with Crippen LogP contribution in [0.25, 0.3) is 0 Å². The number of amides is 3. The number of piperazine rings is 1. The zero-order valence-corrected chi connectivity index (χ0v) is 21.5. The Morgan fingerprint density at radius 1 is 0.914 bits per heavy atom. The smallest absolute Gasteiger partial charge is 0.321 e. The van der Waals surface area contributed by atoms with Gasteiger partial charge in [0.1, 0.15) is 0 Å². The quantitative estimate of drug-likeness (QED) is 0.494. The van der Waals surface area contributed by atoms with Gasteiger partial charge in [-0.2, -0.15) is 0 Å². The number of halogens is 2. The van der Waals surface area contributed by atoms with Crippen LogP contribution in [0.3, 0.4) is 0 Å². The zero-order valence-electron chi connectivity index (χ0n) is 19.1. The summed E-state index contributed by atoms with van der Waals surface area (Å²) in [4.78, 5) is 33.2. The third-order valence-electron chi connectivity index (χ3n) is 6.61. The molecule has 6 nitrogen and oxygen atoms in total. The van der Waals surface area contributed by atoms with Gasteiger partial charge in [-0.3, -0.25) is 9.69 Å². The highest BCUT2D eigenvalue weighted by molar-refractivity contribution is 7.10. The fourth-order valence-corrected chi connectivity index (χ4v) is 5.98. The Balaban J connectivity index is 1.19. The van der Waals surface area contributed by atoms with Crippen LogP contribution in [0.4, 0.5) is 10.5 Å². The second kappa shape index (κ2) is 10.6. The van der Waals surface area contributed by atoms with E-state index in [0.717, 1.165) is 13.0 Å². The Morgan fingerprint density at radius 2 is 1.66 bits per heavy atom. The molecule has 1 aromatic heterocycles. The van der Waals surface area contributed by atoms with E-state index in [9.17, 15) is 9.59 Å². The van der Waals surface area contributed by atoms with Gasteiger partial charge in [0.25, 0.3) is 0 Å². The predicted octanol–water partition coefficient (Wildman–Crippen LogP) is 5.38. The second-order valence-corrected chi connectivity index (χ2v) is 10.6. The van der Waals surface area contributed by atoms with Gasteiger partial charge in [-0.15, -0.1) is 11.3 Å². The first-order valence-corrected chi connectivity index (χ1v) is 13.3. The number of thiophene rings is 1. The predicted molar refractivity (Wildman–Crippen MR) is 142 cm³/mol. The normalized spacial score (nSPS) is 18.3. The van der Waals surface area contributed by atoms with Gasteiger partial charge < -0.3 is 15.1 Å². The van der Waals surface area contributed by atoms with Crippen molar-refractivity contribution in [1.29, 1.82) is 0 Å². The van der Waals surface area contributed by atoms with E-state index in [1.807, 2.05) is 11.0 Å². The topological polar surface area (TPSA) is 55.9 Å².